The van der Waals surface area contributed by atoms with Gasteiger partial charge in [-0.05, 0) is 46.5 Å². The summed E-state index contributed by atoms with van der Waals surface area (Å²) in [6.45, 7) is 0. The van der Waals surface area contributed by atoms with Crippen LogP contribution in [0.5, 0.6) is 0 Å². The van der Waals surface area contributed by atoms with Gasteiger partial charge in [0.2, 0.25) is 0 Å². The summed E-state index contributed by atoms with van der Waals surface area (Å²) in [6, 6.07) is 31.1. The molecule has 0 spiro atoms. The van der Waals surface area contributed by atoms with Crippen LogP contribution < -0.4 is 0 Å². The average Bonchev–Trinajstić information content (AvgIpc) is 3.12. The van der Waals surface area contributed by atoms with Crippen molar-refractivity contribution in [3.63, 3.8) is 0 Å². The molecule has 0 fully saturated rings. The molecule has 0 amide bonds. The fourth-order valence-electron chi connectivity index (χ4n) is 3.66. The van der Waals surface area contributed by atoms with Crippen LogP contribution in [0.4, 0.5) is 0 Å². The van der Waals surface area contributed by atoms with E-state index in [0.29, 0.717) is 0 Å². The van der Waals surface area contributed by atoms with E-state index in [1.807, 2.05) is 30.3 Å². The Morgan fingerprint density at radius 3 is 2.11 bits per heavy atom. The molecular formula is C25H17NO. The summed E-state index contributed by atoms with van der Waals surface area (Å²) in [4.78, 5) is 0. The fourth-order valence-corrected chi connectivity index (χ4v) is 3.66. The Morgan fingerprint density at radius 2 is 1.30 bits per heavy atom. The summed E-state index contributed by atoms with van der Waals surface area (Å²) < 4.78 is 5.98. The second-order valence-electron chi connectivity index (χ2n) is 6.62. The predicted molar refractivity (Wildman–Crippen MR) is 112 cm³/mol. The molecule has 0 bridgehead atoms. The Balaban J connectivity index is 1.70. The van der Waals surface area contributed by atoms with E-state index in [2.05, 4.69) is 60.7 Å². The van der Waals surface area contributed by atoms with Gasteiger partial charge in [0, 0.05) is 22.6 Å². The van der Waals surface area contributed by atoms with Crippen molar-refractivity contribution in [1.29, 1.82) is 5.41 Å². The van der Waals surface area contributed by atoms with Crippen LogP contribution in [-0.2, 0) is 0 Å². The van der Waals surface area contributed by atoms with Gasteiger partial charge in [0.15, 0.2) is 0 Å². The first-order valence-corrected chi connectivity index (χ1v) is 8.95. The smallest absolute Gasteiger partial charge is 0.136 e. The second-order valence-corrected chi connectivity index (χ2v) is 6.62. The lowest BCUT2D eigenvalue weighted by molar-refractivity contribution is 0.669. The number of benzene rings is 4. The summed E-state index contributed by atoms with van der Waals surface area (Å²) >= 11 is 0. The van der Waals surface area contributed by atoms with Crippen molar-refractivity contribution in [3.8, 4) is 22.3 Å². The molecule has 0 atom stereocenters. The van der Waals surface area contributed by atoms with Crippen LogP contribution in [0.25, 0.3) is 44.2 Å². The van der Waals surface area contributed by atoms with Crippen LogP contribution >= 0.6 is 0 Å². The molecule has 1 N–H and O–H groups in total. The molecule has 2 heteroatoms. The molecule has 5 rings (SSSR count). The van der Waals surface area contributed by atoms with Gasteiger partial charge in [0.05, 0.1) is 0 Å². The largest absolute Gasteiger partial charge is 0.456 e. The average molecular weight is 347 g/mol. The number of furan rings is 1. The molecule has 1 aromatic heterocycles. The van der Waals surface area contributed by atoms with Gasteiger partial charge in [-0.15, -0.1) is 0 Å². The standard InChI is InChI=1S/C25H17NO/c26-16-21-10-5-11-24-25(21)22-15-20(12-13-23(22)27-24)19-9-4-8-18(14-19)17-6-2-1-3-7-17/h1-16,26H. The van der Waals surface area contributed by atoms with Gasteiger partial charge in [0.25, 0.3) is 0 Å². The van der Waals surface area contributed by atoms with E-state index in [1.54, 1.807) is 0 Å². The zero-order valence-electron chi connectivity index (χ0n) is 14.6. The summed E-state index contributed by atoms with van der Waals surface area (Å²) in [7, 11) is 0. The highest BCUT2D eigenvalue weighted by Gasteiger charge is 2.11. The monoisotopic (exact) mass is 347 g/mol. The number of nitrogens with one attached hydrogen (secondary N) is 1. The Morgan fingerprint density at radius 1 is 0.593 bits per heavy atom. The third kappa shape index (κ3) is 2.63. The zero-order chi connectivity index (χ0) is 18.2. The molecule has 0 aliphatic rings. The minimum Gasteiger partial charge on any atom is -0.456 e. The van der Waals surface area contributed by atoms with E-state index < -0.39 is 0 Å². The molecule has 0 unspecified atom stereocenters. The normalized spacial score (nSPS) is 11.1. The Hall–Kier alpha value is -3.65. The molecule has 5 aromatic rings. The molecule has 0 saturated carbocycles. The first kappa shape index (κ1) is 15.6. The van der Waals surface area contributed by atoms with Crippen LogP contribution in [0.2, 0.25) is 0 Å². The molecule has 0 aliphatic heterocycles. The first-order valence-electron chi connectivity index (χ1n) is 8.95. The van der Waals surface area contributed by atoms with Crippen LogP contribution in [0.1, 0.15) is 5.56 Å². The lowest BCUT2D eigenvalue weighted by Crippen LogP contribution is -1.83. The van der Waals surface area contributed by atoms with Gasteiger partial charge in [0.1, 0.15) is 11.2 Å². The molecule has 128 valence electrons. The Kier molecular flexibility index (Phi) is 3.61. The highest BCUT2D eigenvalue weighted by molar-refractivity contribution is 6.13. The van der Waals surface area contributed by atoms with Crippen molar-refractivity contribution in [1.82, 2.24) is 0 Å². The fraction of sp³-hybridized carbons (Fsp3) is 0. The lowest BCUT2D eigenvalue weighted by atomic mass is 9.97. The van der Waals surface area contributed by atoms with Crippen molar-refractivity contribution in [2.24, 2.45) is 0 Å². The maximum Gasteiger partial charge on any atom is 0.136 e. The van der Waals surface area contributed by atoms with Crippen molar-refractivity contribution in [2.45, 2.75) is 0 Å². The topological polar surface area (TPSA) is 37.0 Å². The van der Waals surface area contributed by atoms with E-state index >= 15 is 0 Å². The molecule has 0 aliphatic carbocycles. The van der Waals surface area contributed by atoms with E-state index in [-0.39, 0.29) is 0 Å². The maximum absolute atomic E-state index is 7.71. The summed E-state index contributed by atoms with van der Waals surface area (Å²) in [5, 5.41) is 9.77. The summed E-state index contributed by atoms with van der Waals surface area (Å²) in [5.74, 6) is 0. The van der Waals surface area contributed by atoms with Gasteiger partial charge < -0.3 is 9.83 Å². The lowest BCUT2D eigenvalue weighted by Gasteiger charge is -2.06. The van der Waals surface area contributed by atoms with Crippen LogP contribution in [0.3, 0.4) is 0 Å². The highest BCUT2D eigenvalue weighted by Crippen LogP contribution is 2.34. The molecular weight excluding hydrogens is 330 g/mol. The van der Waals surface area contributed by atoms with Gasteiger partial charge in [-0.25, -0.2) is 0 Å². The molecule has 27 heavy (non-hydrogen) atoms. The van der Waals surface area contributed by atoms with E-state index in [9.17, 15) is 0 Å². The second kappa shape index (κ2) is 6.26. The molecule has 2 nitrogen and oxygen atoms in total. The van der Waals surface area contributed by atoms with Crippen molar-refractivity contribution < 1.29 is 4.42 Å². The van der Waals surface area contributed by atoms with Gasteiger partial charge >= 0.3 is 0 Å². The number of hydrogen-bond donors (Lipinski definition) is 1. The van der Waals surface area contributed by atoms with Gasteiger partial charge in [-0.1, -0.05) is 66.7 Å². The SMILES string of the molecule is N=Cc1cccc2oc3ccc(-c4cccc(-c5ccccc5)c4)cc3c12. The molecule has 0 saturated heterocycles. The van der Waals surface area contributed by atoms with Crippen LogP contribution in [0, 0.1) is 5.41 Å². The molecule has 0 radical (unpaired) electrons. The van der Waals surface area contributed by atoms with Crippen molar-refractivity contribution in [2.75, 3.05) is 0 Å². The van der Waals surface area contributed by atoms with Gasteiger partial charge in [-0.3, -0.25) is 0 Å². The van der Waals surface area contributed by atoms with Crippen molar-refractivity contribution in [3.05, 3.63) is 96.6 Å². The molecule has 1 heterocycles. The number of rotatable bonds is 3. The Labute approximate surface area is 157 Å². The number of hydrogen-bond acceptors (Lipinski definition) is 2. The Bertz CT molecular complexity index is 1280. The van der Waals surface area contributed by atoms with Gasteiger partial charge in [-0.2, -0.15) is 0 Å². The van der Waals surface area contributed by atoms with Crippen LogP contribution in [0.15, 0.2) is 95.4 Å². The quantitative estimate of drug-likeness (QED) is 0.353. The third-order valence-electron chi connectivity index (χ3n) is 4.99. The van der Waals surface area contributed by atoms with E-state index in [4.69, 9.17) is 9.83 Å². The first-order chi connectivity index (χ1) is 13.3. The highest BCUT2D eigenvalue weighted by atomic mass is 16.3. The van der Waals surface area contributed by atoms with E-state index in [0.717, 1.165) is 33.1 Å². The van der Waals surface area contributed by atoms with Crippen molar-refractivity contribution >= 4 is 28.2 Å². The summed E-state index contributed by atoms with van der Waals surface area (Å²) in [5.41, 5.74) is 7.26. The zero-order valence-corrected chi connectivity index (χ0v) is 14.6. The maximum atomic E-state index is 7.71. The predicted octanol–water partition coefficient (Wildman–Crippen LogP) is 6.92. The summed E-state index contributed by atoms with van der Waals surface area (Å²) in [6.07, 6.45) is 1.39. The third-order valence-corrected chi connectivity index (χ3v) is 4.99. The number of fused-ring (bicyclic) bond motifs is 3. The minimum absolute atomic E-state index is 0.821. The molecule has 4 aromatic carbocycles. The minimum atomic E-state index is 0.821. The van der Waals surface area contributed by atoms with E-state index in [1.165, 1.54) is 22.9 Å². The van der Waals surface area contributed by atoms with Crippen LogP contribution in [-0.4, -0.2) is 6.21 Å².